The van der Waals surface area contributed by atoms with E-state index in [1.165, 1.54) is 47.2 Å². The summed E-state index contributed by atoms with van der Waals surface area (Å²) in [4.78, 5) is 20.1. The molecule has 1 aliphatic rings. The minimum Gasteiger partial charge on any atom is -0.419 e. The van der Waals surface area contributed by atoms with Crippen molar-refractivity contribution >= 4 is 27.4 Å². The SMILES string of the molecule is Cn1cc(-c2cc(NS(=O)(=O)CCC3CC3)nc(Oc3c(F)cccc3Cl)n2)ccc1=O. The third-order valence-corrected chi connectivity index (χ3v) is 6.54. The summed E-state index contributed by atoms with van der Waals surface area (Å²) in [5, 5.41) is 0.00711. The van der Waals surface area contributed by atoms with Crippen LogP contribution in [0.1, 0.15) is 19.3 Å². The lowest BCUT2D eigenvalue weighted by molar-refractivity contribution is 0.412. The van der Waals surface area contributed by atoms with Crippen LogP contribution < -0.4 is 15.0 Å². The highest BCUT2D eigenvalue weighted by Gasteiger charge is 2.24. The van der Waals surface area contributed by atoms with Crippen molar-refractivity contribution in [1.82, 2.24) is 14.5 Å². The summed E-state index contributed by atoms with van der Waals surface area (Å²) < 4.78 is 48.5. The van der Waals surface area contributed by atoms with Gasteiger partial charge < -0.3 is 9.30 Å². The molecule has 3 aromatic rings. The van der Waals surface area contributed by atoms with Gasteiger partial charge in [-0.05, 0) is 30.5 Å². The molecule has 0 atom stereocenters. The quantitative estimate of drug-likeness (QED) is 0.525. The largest absolute Gasteiger partial charge is 0.419 e. The third-order valence-electron chi connectivity index (χ3n) is 4.95. The van der Waals surface area contributed by atoms with Crippen molar-refractivity contribution < 1.29 is 17.5 Å². The molecule has 11 heteroatoms. The maximum Gasteiger partial charge on any atom is 0.324 e. The Morgan fingerprint density at radius 3 is 2.72 bits per heavy atom. The number of hydrogen-bond donors (Lipinski definition) is 1. The van der Waals surface area contributed by atoms with E-state index in [2.05, 4.69) is 14.7 Å². The molecule has 1 N–H and O–H groups in total. The van der Waals surface area contributed by atoms with Crippen LogP contribution in [0, 0.1) is 11.7 Å². The second-order valence-corrected chi connectivity index (χ2v) is 9.84. The van der Waals surface area contributed by atoms with E-state index in [0.717, 1.165) is 12.8 Å². The van der Waals surface area contributed by atoms with E-state index in [-0.39, 0.29) is 39.6 Å². The van der Waals surface area contributed by atoms with Crippen LogP contribution in [-0.4, -0.2) is 28.7 Å². The van der Waals surface area contributed by atoms with Crippen LogP contribution in [0.2, 0.25) is 5.02 Å². The normalized spacial score (nSPS) is 13.7. The molecule has 4 rings (SSSR count). The fourth-order valence-corrected chi connectivity index (χ4v) is 4.40. The molecule has 168 valence electrons. The van der Waals surface area contributed by atoms with E-state index >= 15 is 0 Å². The van der Waals surface area contributed by atoms with Crippen molar-refractivity contribution in [3.05, 3.63) is 63.8 Å². The summed E-state index contributed by atoms with van der Waals surface area (Å²) in [6, 6.07) is 8.04. The summed E-state index contributed by atoms with van der Waals surface area (Å²) in [5.41, 5.74) is 0.564. The van der Waals surface area contributed by atoms with Crippen molar-refractivity contribution in [2.45, 2.75) is 19.3 Å². The fraction of sp³-hybridized carbons (Fsp3) is 0.286. The summed E-state index contributed by atoms with van der Waals surface area (Å²) in [6.07, 6.45) is 4.20. The highest BCUT2D eigenvalue weighted by Crippen LogP contribution is 2.34. The Kier molecular flexibility index (Phi) is 6.16. The van der Waals surface area contributed by atoms with Gasteiger partial charge in [-0.2, -0.15) is 9.97 Å². The van der Waals surface area contributed by atoms with Crippen molar-refractivity contribution in [3.63, 3.8) is 0 Å². The van der Waals surface area contributed by atoms with Crippen LogP contribution in [0.4, 0.5) is 10.2 Å². The molecular formula is C21H20ClFN4O4S. The lowest BCUT2D eigenvalue weighted by atomic mass is 10.2. The fourth-order valence-electron chi connectivity index (χ4n) is 3.03. The number of nitrogens with zero attached hydrogens (tertiary/aromatic N) is 3. The van der Waals surface area contributed by atoms with Crippen LogP contribution in [0.25, 0.3) is 11.3 Å². The van der Waals surface area contributed by atoms with Gasteiger partial charge in [0.2, 0.25) is 15.6 Å². The molecule has 1 saturated carbocycles. The molecule has 1 aliphatic carbocycles. The first kappa shape index (κ1) is 22.2. The highest BCUT2D eigenvalue weighted by atomic mass is 35.5. The highest BCUT2D eigenvalue weighted by molar-refractivity contribution is 7.92. The molecule has 0 bridgehead atoms. The Hall–Kier alpha value is -2.98. The van der Waals surface area contributed by atoms with Gasteiger partial charge in [-0.15, -0.1) is 0 Å². The predicted octanol–water partition coefficient (Wildman–Crippen LogP) is 3.97. The van der Waals surface area contributed by atoms with Gasteiger partial charge in [0.25, 0.3) is 0 Å². The van der Waals surface area contributed by atoms with E-state index in [4.69, 9.17) is 16.3 Å². The van der Waals surface area contributed by atoms with Crippen molar-refractivity contribution in [2.24, 2.45) is 13.0 Å². The maximum atomic E-state index is 14.2. The second kappa shape index (κ2) is 8.87. The lowest BCUT2D eigenvalue weighted by Crippen LogP contribution is -2.18. The Morgan fingerprint density at radius 1 is 1.25 bits per heavy atom. The first-order valence-corrected chi connectivity index (χ1v) is 11.9. The minimum absolute atomic E-state index is 0.00711. The van der Waals surface area contributed by atoms with Gasteiger partial charge in [-0.25, -0.2) is 12.8 Å². The van der Waals surface area contributed by atoms with Crippen LogP contribution in [0.5, 0.6) is 11.8 Å². The molecule has 0 aliphatic heterocycles. The number of aromatic nitrogens is 3. The van der Waals surface area contributed by atoms with Crippen LogP contribution in [0.3, 0.4) is 0 Å². The van der Waals surface area contributed by atoms with Crippen LogP contribution in [0.15, 0.2) is 47.4 Å². The summed E-state index contributed by atoms with van der Waals surface area (Å²) >= 11 is 6.03. The predicted molar refractivity (Wildman–Crippen MR) is 119 cm³/mol. The van der Waals surface area contributed by atoms with Gasteiger partial charge in [-0.1, -0.05) is 30.5 Å². The van der Waals surface area contributed by atoms with Crippen molar-refractivity contribution in [1.29, 1.82) is 0 Å². The topological polar surface area (TPSA) is 103 Å². The first-order valence-electron chi connectivity index (χ1n) is 9.89. The van der Waals surface area contributed by atoms with Crippen molar-refractivity contribution in [2.75, 3.05) is 10.5 Å². The molecule has 0 unspecified atom stereocenters. The van der Waals surface area contributed by atoms with Gasteiger partial charge in [0.05, 0.1) is 16.5 Å². The zero-order valence-electron chi connectivity index (χ0n) is 17.1. The van der Waals surface area contributed by atoms with Gasteiger partial charge in [-0.3, -0.25) is 9.52 Å². The van der Waals surface area contributed by atoms with Crippen molar-refractivity contribution in [3.8, 4) is 23.0 Å². The van der Waals surface area contributed by atoms with Gasteiger partial charge in [0.15, 0.2) is 11.6 Å². The minimum atomic E-state index is -3.66. The van der Waals surface area contributed by atoms with Gasteiger partial charge in [0, 0.05) is 30.9 Å². The Morgan fingerprint density at radius 2 is 2.03 bits per heavy atom. The molecule has 0 amide bonds. The Bertz CT molecular complexity index is 1310. The van der Waals surface area contributed by atoms with E-state index in [9.17, 15) is 17.6 Å². The molecular weight excluding hydrogens is 459 g/mol. The average molecular weight is 479 g/mol. The number of pyridine rings is 1. The monoisotopic (exact) mass is 478 g/mol. The van der Waals surface area contributed by atoms with Crippen LogP contribution in [-0.2, 0) is 17.1 Å². The number of sulfonamides is 1. The molecule has 1 aromatic carbocycles. The van der Waals surface area contributed by atoms with E-state index in [0.29, 0.717) is 17.9 Å². The number of aryl methyl sites for hydroxylation is 1. The Balaban J connectivity index is 1.72. The molecule has 1 fully saturated rings. The Labute approximate surface area is 189 Å². The van der Waals surface area contributed by atoms with E-state index < -0.39 is 15.8 Å². The number of nitrogens with one attached hydrogen (secondary N) is 1. The molecule has 0 saturated heterocycles. The van der Waals surface area contributed by atoms with Gasteiger partial charge >= 0.3 is 6.01 Å². The third kappa shape index (κ3) is 5.43. The smallest absolute Gasteiger partial charge is 0.324 e. The summed E-state index contributed by atoms with van der Waals surface area (Å²) in [6.45, 7) is 0. The molecule has 8 nitrogen and oxygen atoms in total. The molecule has 0 radical (unpaired) electrons. The number of benzene rings is 1. The molecule has 2 aromatic heterocycles. The number of ether oxygens (including phenoxy) is 1. The standard InChI is InChI=1S/C21H20ClFN4O4S/c1-27-12-14(7-8-19(27)28)17-11-18(26-32(29,30)10-9-13-5-6-13)25-21(24-17)31-20-15(22)3-2-4-16(20)23/h2-4,7-8,11-13H,5-6,9-10H2,1H3,(H,24,25,26). The molecule has 2 heterocycles. The van der Waals surface area contributed by atoms with E-state index in [1.807, 2.05) is 0 Å². The number of anilines is 1. The zero-order valence-corrected chi connectivity index (χ0v) is 18.7. The number of hydrogen-bond acceptors (Lipinski definition) is 6. The lowest BCUT2D eigenvalue weighted by Gasteiger charge is -2.12. The van der Waals surface area contributed by atoms with Crippen LogP contribution >= 0.6 is 11.6 Å². The number of rotatable bonds is 8. The molecule has 32 heavy (non-hydrogen) atoms. The first-order chi connectivity index (χ1) is 15.2. The maximum absolute atomic E-state index is 14.2. The average Bonchev–Trinajstić information content (AvgIpc) is 3.56. The summed E-state index contributed by atoms with van der Waals surface area (Å²) in [5.74, 6) is -0.636. The summed E-state index contributed by atoms with van der Waals surface area (Å²) in [7, 11) is -2.09. The number of halogens is 2. The second-order valence-electron chi connectivity index (χ2n) is 7.59. The molecule has 0 spiro atoms. The van der Waals surface area contributed by atoms with E-state index in [1.54, 1.807) is 7.05 Å². The zero-order chi connectivity index (χ0) is 22.9. The number of para-hydroxylation sites is 1. The van der Waals surface area contributed by atoms with Gasteiger partial charge in [0.1, 0.15) is 5.82 Å².